The van der Waals surface area contributed by atoms with Crippen molar-refractivity contribution in [1.29, 1.82) is 0 Å². The van der Waals surface area contributed by atoms with Gasteiger partial charge in [-0.15, -0.1) is 0 Å². The molecule has 0 aliphatic heterocycles. The Bertz CT molecular complexity index is 405. The lowest BCUT2D eigenvalue weighted by Gasteiger charge is -2.28. The molecular formula is C15H22ClNO2. The number of rotatable bonds is 6. The number of benzene rings is 1. The van der Waals surface area contributed by atoms with E-state index in [2.05, 4.69) is 4.90 Å². The summed E-state index contributed by atoms with van der Waals surface area (Å²) in [7, 11) is 1.68. The first kappa shape index (κ1) is 14.6. The first-order chi connectivity index (χ1) is 9.24. The molecule has 0 unspecified atom stereocenters. The number of aliphatic hydroxyl groups is 1. The van der Waals surface area contributed by atoms with Gasteiger partial charge in [-0.2, -0.15) is 0 Å². The molecule has 1 N–H and O–H groups in total. The largest absolute Gasteiger partial charge is 0.496 e. The second-order valence-corrected chi connectivity index (χ2v) is 5.52. The van der Waals surface area contributed by atoms with E-state index in [9.17, 15) is 5.11 Å². The Morgan fingerprint density at radius 1 is 1.37 bits per heavy atom. The smallest absolute Gasteiger partial charge is 0.123 e. The molecule has 0 heterocycles. The minimum Gasteiger partial charge on any atom is -0.496 e. The van der Waals surface area contributed by atoms with Crippen LogP contribution in [-0.4, -0.2) is 36.3 Å². The van der Waals surface area contributed by atoms with Crippen LogP contribution in [0, 0.1) is 0 Å². The van der Waals surface area contributed by atoms with Gasteiger partial charge >= 0.3 is 0 Å². The highest BCUT2D eigenvalue weighted by Gasteiger charge is 2.23. The van der Waals surface area contributed by atoms with E-state index in [1.807, 2.05) is 18.2 Å². The number of halogens is 1. The second-order valence-electron chi connectivity index (χ2n) is 5.09. The molecule has 19 heavy (non-hydrogen) atoms. The molecule has 0 aromatic heterocycles. The van der Waals surface area contributed by atoms with Crippen molar-refractivity contribution in [3.8, 4) is 5.75 Å². The molecular weight excluding hydrogens is 262 g/mol. The van der Waals surface area contributed by atoms with E-state index in [4.69, 9.17) is 16.3 Å². The van der Waals surface area contributed by atoms with Crippen molar-refractivity contribution in [2.45, 2.75) is 38.3 Å². The van der Waals surface area contributed by atoms with Crippen molar-refractivity contribution >= 4 is 11.6 Å². The topological polar surface area (TPSA) is 32.7 Å². The lowest BCUT2D eigenvalue weighted by Crippen LogP contribution is -2.35. The Morgan fingerprint density at radius 2 is 2.11 bits per heavy atom. The average Bonchev–Trinajstić information content (AvgIpc) is 2.92. The minimum absolute atomic E-state index is 0.194. The Labute approximate surface area is 120 Å². The van der Waals surface area contributed by atoms with Crippen LogP contribution in [0.5, 0.6) is 5.75 Å². The van der Waals surface area contributed by atoms with Crippen molar-refractivity contribution in [2.24, 2.45) is 0 Å². The molecule has 0 spiro atoms. The van der Waals surface area contributed by atoms with E-state index in [1.54, 1.807) is 7.11 Å². The highest BCUT2D eigenvalue weighted by atomic mass is 35.5. The van der Waals surface area contributed by atoms with Gasteiger partial charge in [0.1, 0.15) is 5.75 Å². The second kappa shape index (κ2) is 7.13. The molecule has 1 aliphatic carbocycles. The summed E-state index contributed by atoms with van der Waals surface area (Å²) in [6.07, 6.45) is 5.03. The van der Waals surface area contributed by atoms with E-state index >= 15 is 0 Å². The molecule has 0 radical (unpaired) electrons. The number of hydrogen-bond donors (Lipinski definition) is 1. The molecule has 0 amide bonds. The molecule has 2 rings (SSSR count). The van der Waals surface area contributed by atoms with Crippen LogP contribution < -0.4 is 4.74 Å². The Hall–Kier alpha value is -0.770. The van der Waals surface area contributed by atoms with Crippen molar-refractivity contribution < 1.29 is 9.84 Å². The summed E-state index contributed by atoms with van der Waals surface area (Å²) in [6.45, 7) is 1.69. The van der Waals surface area contributed by atoms with Crippen LogP contribution in [0.4, 0.5) is 0 Å². The zero-order valence-corrected chi connectivity index (χ0v) is 12.2. The summed E-state index contributed by atoms with van der Waals surface area (Å²) < 4.78 is 5.39. The molecule has 1 aliphatic rings. The predicted molar refractivity (Wildman–Crippen MR) is 77.8 cm³/mol. The first-order valence-corrected chi connectivity index (χ1v) is 7.29. The van der Waals surface area contributed by atoms with Crippen molar-refractivity contribution in [1.82, 2.24) is 4.90 Å². The van der Waals surface area contributed by atoms with Crippen molar-refractivity contribution in [2.75, 3.05) is 20.3 Å². The molecule has 4 heteroatoms. The summed E-state index contributed by atoms with van der Waals surface area (Å²) in [6, 6.07) is 6.29. The lowest BCUT2D eigenvalue weighted by atomic mass is 10.1. The van der Waals surface area contributed by atoms with Crippen LogP contribution in [0.25, 0.3) is 0 Å². The molecule has 1 aromatic rings. The predicted octanol–water partition coefficient (Wildman–Crippen LogP) is 3.09. The number of aliphatic hydroxyl groups excluding tert-OH is 1. The monoisotopic (exact) mass is 283 g/mol. The van der Waals surface area contributed by atoms with Gasteiger partial charge in [-0.05, 0) is 31.0 Å². The summed E-state index contributed by atoms with van der Waals surface area (Å²) >= 11 is 6.07. The van der Waals surface area contributed by atoms with Crippen LogP contribution in [0.2, 0.25) is 5.02 Å². The summed E-state index contributed by atoms with van der Waals surface area (Å²) in [5.74, 6) is 0.866. The van der Waals surface area contributed by atoms with Crippen LogP contribution in [0.1, 0.15) is 31.2 Å². The van der Waals surface area contributed by atoms with Gasteiger partial charge in [0.15, 0.2) is 0 Å². The van der Waals surface area contributed by atoms with Crippen molar-refractivity contribution in [3.63, 3.8) is 0 Å². The van der Waals surface area contributed by atoms with Crippen LogP contribution in [-0.2, 0) is 6.54 Å². The van der Waals surface area contributed by atoms with E-state index in [-0.39, 0.29) is 6.61 Å². The molecule has 1 fully saturated rings. The zero-order chi connectivity index (χ0) is 13.7. The molecule has 0 saturated heterocycles. The normalized spacial score (nSPS) is 16.2. The Morgan fingerprint density at radius 3 is 2.74 bits per heavy atom. The maximum Gasteiger partial charge on any atom is 0.123 e. The SMILES string of the molecule is COc1ccc(Cl)cc1CN(CCO)C1CCCC1. The fraction of sp³-hybridized carbons (Fsp3) is 0.600. The summed E-state index contributed by atoms with van der Waals surface area (Å²) in [4.78, 5) is 2.35. The number of nitrogens with zero attached hydrogens (tertiary/aromatic N) is 1. The maximum atomic E-state index is 9.26. The third kappa shape index (κ3) is 3.85. The third-order valence-corrected chi connectivity index (χ3v) is 4.08. The molecule has 3 nitrogen and oxygen atoms in total. The highest BCUT2D eigenvalue weighted by Crippen LogP contribution is 2.28. The Balaban J connectivity index is 2.13. The van der Waals surface area contributed by atoms with E-state index in [1.165, 1.54) is 25.7 Å². The van der Waals surface area contributed by atoms with Crippen LogP contribution in [0.3, 0.4) is 0 Å². The van der Waals surface area contributed by atoms with Crippen molar-refractivity contribution in [3.05, 3.63) is 28.8 Å². The number of ether oxygens (including phenoxy) is 1. The van der Waals surface area contributed by atoms with Gasteiger partial charge in [-0.1, -0.05) is 24.4 Å². The molecule has 0 bridgehead atoms. The minimum atomic E-state index is 0.194. The van der Waals surface area contributed by atoms with Crippen LogP contribution in [0.15, 0.2) is 18.2 Å². The van der Waals surface area contributed by atoms with E-state index < -0.39 is 0 Å². The molecule has 106 valence electrons. The highest BCUT2D eigenvalue weighted by molar-refractivity contribution is 6.30. The Kier molecular flexibility index (Phi) is 5.49. The van der Waals surface area contributed by atoms with Gasteiger partial charge in [0.2, 0.25) is 0 Å². The zero-order valence-electron chi connectivity index (χ0n) is 11.4. The standard InChI is InChI=1S/C15H22ClNO2/c1-19-15-7-6-13(16)10-12(15)11-17(8-9-18)14-4-2-3-5-14/h6-7,10,14,18H,2-5,8-9,11H2,1H3. The first-order valence-electron chi connectivity index (χ1n) is 6.92. The van der Waals surface area contributed by atoms with E-state index in [0.717, 1.165) is 22.9 Å². The van der Waals surface area contributed by atoms with Gasteiger partial charge in [0, 0.05) is 29.7 Å². The van der Waals surface area contributed by atoms with Gasteiger partial charge in [0.05, 0.1) is 13.7 Å². The molecule has 0 atom stereocenters. The summed E-state index contributed by atoms with van der Waals surface area (Å²) in [5.41, 5.74) is 1.09. The van der Waals surface area contributed by atoms with E-state index in [0.29, 0.717) is 12.6 Å². The molecule has 1 aromatic carbocycles. The van der Waals surface area contributed by atoms with Gasteiger partial charge in [0.25, 0.3) is 0 Å². The number of methoxy groups -OCH3 is 1. The van der Waals surface area contributed by atoms with Crippen LogP contribution >= 0.6 is 11.6 Å². The molecule has 1 saturated carbocycles. The van der Waals surface area contributed by atoms with Gasteiger partial charge in [-0.3, -0.25) is 4.90 Å². The quantitative estimate of drug-likeness (QED) is 0.871. The maximum absolute atomic E-state index is 9.26. The number of hydrogen-bond acceptors (Lipinski definition) is 3. The third-order valence-electron chi connectivity index (χ3n) is 3.84. The average molecular weight is 284 g/mol. The lowest BCUT2D eigenvalue weighted by molar-refractivity contribution is 0.143. The summed E-state index contributed by atoms with van der Waals surface area (Å²) in [5, 5.41) is 9.99. The van der Waals surface area contributed by atoms with Gasteiger partial charge < -0.3 is 9.84 Å². The fourth-order valence-corrected chi connectivity index (χ4v) is 3.07. The fourth-order valence-electron chi connectivity index (χ4n) is 2.88. The van der Waals surface area contributed by atoms with Gasteiger partial charge in [-0.25, -0.2) is 0 Å².